The van der Waals surface area contributed by atoms with Crippen LogP contribution in [0.3, 0.4) is 0 Å². The molecule has 0 aromatic rings. The normalized spacial score (nSPS) is 12.9. The van der Waals surface area contributed by atoms with Crippen LogP contribution >= 0.6 is 0 Å². The lowest BCUT2D eigenvalue weighted by Gasteiger charge is -2.18. The van der Waals surface area contributed by atoms with Gasteiger partial charge in [0.25, 0.3) is 0 Å². The fraction of sp³-hybridized carbons (Fsp3) is 0.676. The Morgan fingerprint density at radius 2 is 0.506 bits per heavy atom. The van der Waals surface area contributed by atoms with Crippen LogP contribution in [0.4, 0.5) is 0 Å². The lowest BCUT2D eigenvalue weighted by Crippen LogP contribution is -2.30. The lowest BCUT2D eigenvalue weighted by molar-refractivity contribution is -0.167. The van der Waals surface area contributed by atoms with Gasteiger partial charge in [-0.2, -0.15) is 0 Å². The summed E-state index contributed by atoms with van der Waals surface area (Å²) in [7, 11) is 0. The molecular formula is C71H118O6. The van der Waals surface area contributed by atoms with Crippen LogP contribution in [-0.4, -0.2) is 37.2 Å². The molecule has 0 rings (SSSR count). The van der Waals surface area contributed by atoms with Crippen LogP contribution in [0.2, 0.25) is 0 Å². The highest BCUT2D eigenvalue weighted by molar-refractivity contribution is 5.71. The second-order valence-electron chi connectivity index (χ2n) is 20.9. The van der Waals surface area contributed by atoms with Gasteiger partial charge in [0.05, 0.1) is 0 Å². The molecule has 1 unspecified atom stereocenters. The van der Waals surface area contributed by atoms with E-state index >= 15 is 0 Å². The zero-order valence-electron chi connectivity index (χ0n) is 50.2. The molecular weight excluding hydrogens is 949 g/mol. The molecule has 0 aliphatic carbocycles. The molecule has 0 aromatic heterocycles. The third kappa shape index (κ3) is 62.5. The van der Waals surface area contributed by atoms with Crippen LogP contribution in [0.1, 0.15) is 290 Å². The molecule has 0 saturated carbocycles. The van der Waals surface area contributed by atoms with Gasteiger partial charge in [0.2, 0.25) is 0 Å². The summed E-state index contributed by atoms with van der Waals surface area (Å²) >= 11 is 0. The largest absolute Gasteiger partial charge is 0.462 e. The van der Waals surface area contributed by atoms with Crippen LogP contribution in [0.25, 0.3) is 0 Å². The highest BCUT2D eigenvalue weighted by atomic mass is 16.6. The highest BCUT2D eigenvalue weighted by Gasteiger charge is 2.19. The molecule has 0 fully saturated rings. The summed E-state index contributed by atoms with van der Waals surface area (Å²) in [5.74, 6) is -0.951. The number of esters is 3. The molecule has 0 aliphatic heterocycles. The molecule has 6 heteroatoms. The molecule has 0 amide bonds. The first kappa shape index (κ1) is 72.8. The van der Waals surface area contributed by atoms with Gasteiger partial charge in [0.15, 0.2) is 6.10 Å². The highest BCUT2D eigenvalue weighted by Crippen LogP contribution is 2.16. The summed E-state index contributed by atoms with van der Waals surface area (Å²) in [4.78, 5) is 38.3. The first-order chi connectivity index (χ1) is 38.0. The number of ether oxygens (including phenoxy) is 3. The molecule has 1 atom stereocenters. The zero-order valence-corrected chi connectivity index (χ0v) is 50.2. The average molecular weight is 1070 g/mol. The van der Waals surface area contributed by atoms with Gasteiger partial charge in [-0.05, 0) is 128 Å². The van der Waals surface area contributed by atoms with Gasteiger partial charge in [-0.3, -0.25) is 14.4 Å². The molecule has 438 valence electrons. The smallest absolute Gasteiger partial charge is 0.306 e. The van der Waals surface area contributed by atoms with Gasteiger partial charge >= 0.3 is 17.9 Å². The number of hydrogen-bond donors (Lipinski definition) is 0. The minimum absolute atomic E-state index is 0.0999. The van der Waals surface area contributed by atoms with E-state index in [1.807, 2.05) is 0 Å². The van der Waals surface area contributed by atoms with E-state index in [-0.39, 0.29) is 37.5 Å². The summed E-state index contributed by atoms with van der Waals surface area (Å²) in [5, 5.41) is 0. The van der Waals surface area contributed by atoms with Gasteiger partial charge in [-0.1, -0.05) is 264 Å². The Morgan fingerprint density at radius 3 is 0.818 bits per heavy atom. The first-order valence-electron chi connectivity index (χ1n) is 32.0. The summed E-state index contributed by atoms with van der Waals surface area (Å²) in [6, 6.07) is 0. The molecule has 0 aromatic carbocycles. The van der Waals surface area contributed by atoms with Crippen molar-refractivity contribution in [2.24, 2.45) is 0 Å². The van der Waals surface area contributed by atoms with E-state index in [0.29, 0.717) is 19.3 Å². The fourth-order valence-corrected chi connectivity index (χ4v) is 8.69. The van der Waals surface area contributed by atoms with Crippen molar-refractivity contribution >= 4 is 17.9 Å². The van der Waals surface area contributed by atoms with E-state index in [9.17, 15) is 14.4 Å². The topological polar surface area (TPSA) is 78.9 Å². The molecule has 0 aliphatic rings. The first-order valence-corrected chi connectivity index (χ1v) is 32.0. The lowest BCUT2D eigenvalue weighted by atomic mass is 10.0. The van der Waals surface area contributed by atoms with Crippen molar-refractivity contribution in [3.05, 3.63) is 122 Å². The van der Waals surface area contributed by atoms with E-state index in [0.717, 1.165) is 128 Å². The van der Waals surface area contributed by atoms with Crippen molar-refractivity contribution in [3.8, 4) is 0 Å². The maximum Gasteiger partial charge on any atom is 0.306 e. The van der Waals surface area contributed by atoms with E-state index in [1.165, 1.54) is 116 Å². The van der Waals surface area contributed by atoms with Gasteiger partial charge in [-0.15, -0.1) is 0 Å². The quantitative estimate of drug-likeness (QED) is 0.0261. The Balaban J connectivity index is 4.29. The summed E-state index contributed by atoms with van der Waals surface area (Å²) in [5.41, 5.74) is 0. The third-order valence-electron chi connectivity index (χ3n) is 13.4. The second kappa shape index (κ2) is 64.3. The molecule has 0 saturated heterocycles. The molecule has 0 radical (unpaired) electrons. The van der Waals surface area contributed by atoms with Gasteiger partial charge in [0, 0.05) is 19.3 Å². The average Bonchev–Trinajstić information content (AvgIpc) is 3.43. The van der Waals surface area contributed by atoms with Gasteiger partial charge in [0.1, 0.15) is 13.2 Å². The Morgan fingerprint density at radius 1 is 0.273 bits per heavy atom. The number of carbonyl (C=O) groups excluding carboxylic acids is 3. The van der Waals surface area contributed by atoms with Crippen molar-refractivity contribution < 1.29 is 28.6 Å². The van der Waals surface area contributed by atoms with Crippen LogP contribution in [-0.2, 0) is 28.6 Å². The number of rotatable bonds is 57. The molecule has 6 nitrogen and oxygen atoms in total. The standard InChI is InChI=1S/C71H118O6/c1-4-7-10-13-16-19-22-25-28-29-30-31-32-33-34-35-36-37-38-39-40-41-44-46-49-52-55-58-61-64-70(73)76-67-68(77-71(74)65-62-59-56-53-50-47-43-27-24-21-18-15-12-9-6-3)66-75-69(72)63-60-57-54-51-48-45-42-26-23-20-17-14-11-8-5-2/h7,9-10,12,16-21,25-28,30-31,42-43,50,53,68H,4-6,8,11,13-15,22-24,29,32-41,44-49,51-52,54-67H2,1-3H3/b10-7-,12-9-,19-16-,20-17-,21-18-,28-25-,31-30-,42-26-,43-27-,53-50-. The molecule has 0 bridgehead atoms. The fourth-order valence-electron chi connectivity index (χ4n) is 8.69. The van der Waals surface area contributed by atoms with Gasteiger partial charge in [-0.25, -0.2) is 0 Å². The van der Waals surface area contributed by atoms with E-state index in [2.05, 4.69) is 142 Å². The zero-order chi connectivity index (χ0) is 55.7. The Hall–Kier alpha value is -4.19. The van der Waals surface area contributed by atoms with E-state index in [4.69, 9.17) is 14.2 Å². The second-order valence-corrected chi connectivity index (χ2v) is 20.9. The third-order valence-corrected chi connectivity index (χ3v) is 13.4. The van der Waals surface area contributed by atoms with E-state index in [1.54, 1.807) is 0 Å². The Labute approximate surface area is 475 Å². The summed E-state index contributed by atoms with van der Waals surface area (Å²) < 4.78 is 16.9. The molecule has 0 N–H and O–H groups in total. The number of hydrogen-bond acceptors (Lipinski definition) is 6. The van der Waals surface area contributed by atoms with Crippen molar-refractivity contribution in [1.82, 2.24) is 0 Å². The summed E-state index contributed by atoms with van der Waals surface area (Å²) in [6.07, 6.45) is 89.3. The SMILES string of the molecule is CC/C=C\C/C=C\C/C=C\C/C=C\CCCCCCCCCCCCCCCCCCC(=O)OCC(COC(=O)CCCCCCC/C=C\C/C=C\CCCCC)OC(=O)CCCC/C=C\C/C=C\C/C=C\C/C=C\CC. The molecule has 77 heavy (non-hydrogen) atoms. The van der Waals surface area contributed by atoms with E-state index < -0.39 is 6.10 Å². The van der Waals surface area contributed by atoms with Crippen LogP contribution < -0.4 is 0 Å². The van der Waals surface area contributed by atoms with Crippen LogP contribution in [0, 0.1) is 0 Å². The molecule has 0 heterocycles. The van der Waals surface area contributed by atoms with Crippen molar-refractivity contribution in [1.29, 1.82) is 0 Å². The Bertz CT molecular complexity index is 1600. The van der Waals surface area contributed by atoms with Crippen molar-refractivity contribution in [2.45, 2.75) is 297 Å². The number of unbranched alkanes of at least 4 members (excludes halogenated alkanes) is 26. The predicted octanol–water partition coefficient (Wildman–Crippen LogP) is 22.0. The Kier molecular flexibility index (Phi) is 60.8. The minimum atomic E-state index is -0.808. The minimum Gasteiger partial charge on any atom is -0.462 e. The van der Waals surface area contributed by atoms with Crippen molar-refractivity contribution in [2.75, 3.05) is 13.2 Å². The van der Waals surface area contributed by atoms with Crippen LogP contribution in [0.5, 0.6) is 0 Å². The van der Waals surface area contributed by atoms with Gasteiger partial charge < -0.3 is 14.2 Å². The predicted molar refractivity (Wildman–Crippen MR) is 334 cm³/mol. The number of allylic oxidation sites excluding steroid dienone is 20. The monoisotopic (exact) mass is 1070 g/mol. The van der Waals surface area contributed by atoms with Crippen LogP contribution in [0.15, 0.2) is 122 Å². The maximum atomic E-state index is 12.9. The molecule has 0 spiro atoms. The van der Waals surface area contributed by atoms with Crippen molar-refractivity contribution in [3.63, 3.8) is 0 Å². The maximum absolute atomic E-state index is 12.9. The number of carbonyl (C=O) groups is 3. The summed E-state index contributed by atoms with van der Waals surface area (Å²) in [6.45, 7) is 6.35.